The van der Waals surface area contributed by atoms with Gasteiger partial charge < -0.3 is 0 Å². The summed E-state index contributed by atoms with van der Waals surface area (Å²) in [5, 5.41) is 4.86. The van der Waals surface area contributed by atoms with Gasteiger partial charge in [0.05, 0.1) is 0 Å². The van der Waals surface area contributed by atoms with Crippen LogP contribution in [0.4, 0.5) is 0 Å². The molecule has 0 saturated carbocycles. The van der Waals surface area contributed by atoms with E-state index in [1.54, 1.807) is 0 Å². The second-order valence-electron chi connectivity index (χ2n) is 6.85. The van der Waals surface area contributed by atoms with Gasteiger partial charge >= 0.3 is 8.24 Å². The highest BCUT2D eigenvalue weighted by Gasteiger charge is 2.74. The van der Waals surface area contributed by atoms with E-state index in [9.17, 15) is 0 Å². The number of hydrogen-bond donors (Lipinski definition) is 0. The highest BCUT2D eigenvalue weighted by atomic mass is 32.2. The monoisotopic (exact) mass is 308 g/mol. The van der Waals surface area contributed by atoms with E-state index in [1.165, 1.54) is 5.52 Å². The number of para-hydroxylation sites is 1. The van der Waals surface area contributed by atoms with Crippen LogP contribution in [0.15, 0.2) is 24.3 Å². The second kappa shape index (κ2) is 3.74. The molecule has 3 nitrogen and oxygen atoms in total. The fourth-order valence-corrected chi connectivity index (χ4v) is 19.6. The largest absolute Gasteiger partial charge is 0.319 e. The molecule has 0 fully saturated rings. The average molecular weight is 309 g/mol. The van der Waals surface area contributed by atoms with E-state index in [2.05, 4.69) is 84.2 Å². The summed E-state index contributed by atoms with van der Waals surface area (Å²) in [4.78, 5) is 0. The van der Waals surface area contributed by atoms with E-state index in [-0.39, 0.29) is 0 Å². The maximum absolute atomic E-state index is 4.86. The van der Waals surface area contributed by atoms with Crippen molar-refractivity contribution >= 4 is 39.1 Å². The molecule has 102 valence electrons. The molecular weight excluding hydrogens is 286 g/mol. The first-order chi connectivity index (χ1) is 8.77. The molecule has 6 heteroatoms. The lowest BCUT2D eigenvalue weighted by Crippen LogP contribution is -2.93. The molecule has 0 N–H and O–H groups in total. The lowest BCUT2D eigenvalue weighted by atomic mass is 10.3. The molecule has 1 aliphatic heterocycles. The molecule has 0 radical (unpaired) electrons. The topological polar surface area (TPSA) is 21.7 Å². The van der Waals surface area contributed by atoms with Crippen molar-refractivity contribution in [1.82, 2.24) is 9.56 Å². The molecule has 0 aliphatic carbocycles. The predicted molar refractivity (Wildman–Crippen MR) is 87.6 cm³/mol. The second-order valence-corrected chi connectivity index (χ2v) is 18.5. The van der Waals surface area contributed by atoms with E-state index in [0.717, 1.165) is 5.52 Å². The highest BCUT2D eigenvalue weighted by Crippen LogP contribution is 2.47. The quantitative estimate of drug-likeness (QED) is 0.628. The van der Waals surface area contributed by atoms with Crippen LogP contribution in [0.25, 0.3) is 11.0 Å². The Morgan fingerprint density at radius 1 is 1.26 bits per heavy atom. The number of fused-ring (bicyclic) bond motifs is 3. The molecule has 1 aliphatic rings. The van der Waals surface area contributed by atoms with Gasteiger partial charge in [-0.2, -0.15) is 4.68 Å². The van der Waals surface area contributed by atoms with E-state index in [4.69, 9.17) is 5.10 Å². The Morgan fingerprint density at radius 2 is 1.89 bits per heavy atom. The van der Waals surface area contributed by atoms with Crippen molar-refractivity contribution in [3.8, 4) is 0 Å². The van der Waals surface area contributed by atoms with Crippen LogP contribution in [0.5, 0.6) is 0 Å². The maximum Gasteiger partial charge on any atom is 0.319 e. The fourth-order valence-electron chi connectivity index (χ4n) is 3.88. The van der Waals surface area contributed by atoms with Gasteiger partial charge in [0.15, 0.2) is 4.12 Å². The van der Waals surface area contributed by atoms with Crippen molar-refractivity contribution in [2.75, 3.05) is 6.26 Å². The highest BCUT2D eigenvalue weighted by molar-refractivity contribution is 8.02. The number of aromatic nitrogens is 3. The zero-order valence-corrected chi connectivity index (χ0v) is 15.4. The van der Waals surface area contributed by atoms with Crippen molar-refractivity contribution in [2.24, 2.45) is 0 Å². The van der Waals surface area contributed by atoms with Gasteiger partial charge in [-0.1, -0.05) is 36.2 Å². The van der Waals surface area contributed by atoms with Gasteiger partial charge in [0.25, 0.3) is 0 Å². The minimum atomic E-state index is -1.58. The zero-order valence-electron chi connectivity index (χ0n) is 12.6. The molecule has 1 unspecified atom stereocenters. The number of rotatable bonds is 2. The van der Waals surface area contributed by atoms with Gasteiger partial charge in [-0.3, -0.25) is 0 Å². The van der Waals surface area contributed by atoms with Gasteiger partial charge in [-0.25, -0.2) is 0 Å². The molecule has 2 aromatic rings. The summed E-state index contributed by atoms with van der Waals surface area (Å²) in [6, 6.07) is 8.56. The van der Waals surface area contributed by atoms with Crippen molar-refractivity contribution in [3.63, 3.8) is 0 Å². The molecule has 0 saturated heterocycles. The average Bonchev–Trinajstić information content (AvgIpc) is 2.67. The normalized spacial score (nSPS) is 25.2. The van der Waals surface area contributed by atoms with Gasteiger partial charge in [-0.15, -0.1) is 11.8 Å². The molecule has 1 aromatic carbocycles. The molecule has 0 bridgehead atoms. The molecule has 1 aromatic heterocycles. The van der Waals surface area contributed by atoms with Gasteiger partial charge in [0, 0.05) is 5.10 Å². The zero-order chi connectivity index (χ0) is 14.1. The molecule has 2 heterocycles. The Morgan fingerprint density at radius 3 is 2.47 bits per heavy atom. The van der Waals surface area contributed by atoms with Crippen molar-refractivity contribution in [1.29, 1.82) is 0 Å². The van der Waals surface area contributed by atoms with Crippen LogP contribution >= 0.6 is 11.8 Å². The molecule has 0 amide bonds. The van der Waals surface area contributed by atoms with Crippen LogP contribution in [-0.2, 0) is 4.12 Å². The summed E-state index contributed by atoms with van der Waals surface area (Å²) in [5.74, 6) is 0. The predicted octanol–water partition coefficient (Wildman–Crippen LogP) is 2.82. The smallest absolute Gasteiger partial charge is 0.151 e. The summed E-state index contributed by atoms with van der Waals surface area (Å²) in [6.45, 7) is 12.4. The maximum atomic E-state index is 4.86. The number of benzene rings is 1. The van der Waals surface area contributed by atoms with Gasteiger partial charge in [0.2, 0.25) is 11.0 Å². The molecule has 3 rings (SSSR count). The third-order valence-corrected chi connectivity index (χ3v) is 19.3. The Hall–Kier alpha value is -0.596. The first kappa shape index (κ1) is 13.4. The fraction of sp³-hybridized carbons (Fsp3) is 0.538. The summed E-state index contributed by atoms with van der Waals surface area (Å²) >= 11 is 2.06. The molecule has 19 heavy (non-hydrogen) atoms. The van der Waals surface area contributed by atoms with E-state index in [0.29, 0.717) is 4.12 Å². The standard InChI is InChI=1S/C13H22N3SSi2/c1-17-13(18(2,3)4)15-12-10-8-7-9-11(12)14-16(15)19(13,5)6/h7-10H,1-6H3/q+1. The van der Waals surface area contributed by atoms with Crippen LogP contribution < -0.4 is 4.68 Å². The van der Waals surface area contributed by atoms with E-state index in [1.807, 2.05) is 0 Å². The van der Waals surface area contributed by atoms with Gasteiger partial charge in [-0.05, 0) is 31.5 Å². The summed E-state index contributed by atoms with van der Waals surface area (Å²) < 4.78 is 5.13. The first-order valence-corrected chi connectivity index (χ1v) is 14.4. The SMILES string of the molecule is CSC1([Si](C)(C)C)[n+]2c3ccccc3nn2[Si]1(C)C. The van der Waals surface area contributed by atoms with Crippen molar-refractivity contribution < 1.29 is 4.68 Å². The number of nitrogens with zero attached hydrogens (tertiary/aromatic N) is 3. The number of thioether (sulfide) groups is 1. The summed E-state index contributed by atoms with van der Waals surface area (Å²) in [6.07, 6.45) is 2.28. The van der Waals surface area contributed by atoms with Crippen LogP contribution in [0.1, 0.15) is 0 Å². The van der Waals surface area contributed by atoms with Gasteiger partial charge in [0.1, 0.15) is 8.07 Å². The Balaban J connectivity index is 2.40. The Kier molecular flexibility index (Phi) is 2.63. The molecule has 1 atom stereocenters. The Labute approximate surface area is 121 Å². The number of hydrogen-bond acceptors (Lipinski definition) is 2. The summed E-state index contributed by atoms with van der Waals surface area (Å²) in [7, 11) is -2.94. The van der Waals surface area contributed by atoms with Crippen LogP contribution in [0.2, 0.25) is 32.7 Å². The van der Waals surface area contributed by atoms with Crippen LogP contribution in [-0.4, -0.2) is 32.1 Å². The Bertz CT molecular complexity index is 659. The molecule has 0 spiro atoms. The summed E-state index contributed by atoms with van der Waals surface area (Å²) in [5.41, 5.74) is 2.43. The van der Waals surface area contributed by atoms with Crippen LogP contribution in [0.3, 0.4) is 0 Å². The third kappa shape index (κ3) is 1.35. The van der Waals surface area contributed by atoms with Crippen LogP contribution in [0, 0.1) is 0 Å². The molecular formula is C13H22N3SSi2+. The lowest BCUT2D eigenvalue weighted by Gasteiger charge is -2.53. The first-order valence-electron chi connectivity index (χ1n) is 6.73. The lowest BCUT2D eigenvalue weighted by molar-refractivity contribution is -0.778. The van der Waals surface area contributed by atoms with Crippen molar-refractivity contribution in [2.45, 2.75) is 36.9 Å². The minimum Gasteiger partial charge on any atom is -0.151 e. The van der Waals surface area contributed by atoms with E-state index >= 15 is 0 Å². The minimum absolute atomic E-state index is 0.302. The van der Waals surface area contributed by atoms with Crippen molar-refractivity contribution in [3.05, 3.63) is 24.3 Å². The van der Waals surface area contributed by atoms with E-state index < -0.39 is 16.3 Å². The third-order valence-electron chi connectivity index (χ3n) is 4.44.